The predicted octanol–water partition coefficient (Wildman–Crippen LogP) is 4.35. The van der Waals surface area contributed by atoms with E-state index in [-0.39, 0.29) is 0 Å². The fourth-order valence-corrected chi connectivity index (χ4v) is 3.26. The number of hydrogen-bond donors (Lipinski definition) is 0. The third kappa shape index (κ3) is 1.62. The van der Waals surface area contributed by atoms with Crippen molar-refractivity contribution in [1.82, 2.24) is 9.97 Å². The Kier molecular flexibility index (Phi) is 2.41. The van der Waals surface area contributed by atoms with Crippen molar-refractivity contribution in [2.75, 3.05) is 0 Å². The Hall–Kier alpha value is -0.670. The van der Waals surface area contributed by atoms with E-state index < -0.39 is 0 Å². The van der Waals surface area contributed by atoms with Gasteiger partial charge in [-0.05, 0) is 29.7 Å². The first kappa shape index (κ1) is 10.5. The van der Waals surface area contributed by atoms with Gasteiger partial charge >= 0.3 is 0 Å². The topological polar surface area (TPSA) is 25.8 Å². The molecule has 1 saturated carbocycles. The minimum Gasteiger partial charge on any atom is -0.222 e. The van der Waals surface area contributed by atoms with Crippen molar-refractivity contribution in [2.24, 2.45) is 0 Å². The predicted molar refractivity (Wildman–Crippen MR) is 68.5 cm³/mol. The van der Waals surface area contributed by atoms with Gasteiger partial charge < -0.3 is 0 Å². The molecule has 2 aromatic heterocycles. The molecule has 1 fully saturated rings. The summed E-state index contributed by atoms with van der Waals surface area (Å²) in [4.78, 5) is 10.0. The molecule has 0 N–H and O–H groups in total. The zero-order valence-electron chi connectivity index (χ0n) is 9.33. The van der Waals surface area contributed by atoms with Crippen LogP contribution in [-0.2, 0) is 0 Å². The molecule has 0 aliphatic heterocycles. The second-order valence-electron chi connectivity index (χ2n) is 4.67. The first-order valence-corrected chi connectivity index (χ1v) is 6.87. The average Bonchev–Trinajstić information content (AvgIpc) is 2.98. The molecule has 3 rings (SSSR count). The van der Waals surface area contributed by atoms with Crippen LogP contribution >= 0.6 is 22.9 Å². The van der Waals surface area contributed by atoms with Crippen molar-refractivity contribution in [2.45, 2.75) is 38.5 Å². The fraction of sp³-hybridized carbons (Fsp3) is 0.500. The highest BCUT2D eigenvalue weighted by atomic mass is 35.5. The van der Waals surface area contributed by atoms with Crippen LogP contribution in [0, 0.1) is 0 Å². The van der Waals surface area contributed by atoms with Crippen molar-refractivity contribution in [3.05, 3.63) is 21.9 Å². The molecule has 0 radical (unpaired) electrons. The molecule has 1 aliphatic rings. The standard InChI is InChI=1S/C12H13ClN2S/c1-6(2)11-14-10(13)9-8(7-3-4-7)5-16-12(9)15-11/h5-7H,3-4H2,1-2H3. The SMILES string of the molecule is CC(C)c1nc(Cl)c2c(C3CC3)csc2n1. The van der Waals surface area contributed by atoms with Crippen LogP contribution in [0.25, 0.3) is 10.2 Å². The number of aromatic nitrogens is 2. The minimum atomic E-state index is 0.327. The van der Waals surface area contributed by atoms with Crippen molar-refractivity contribution >= 4 is 33.2 Å². The monoisotopic (exact) mass is 252 g/mol. The van der Waals surface area contributed by atoms with Crippen molar-refractivity contribution in [1.29, 1.82) is 0 Å². The van der Waals surface area contributed by atoms with E-state index in [0.717, 1.165) is 16.0 Å². The number of hydrogen-bond acceptors (Lipinski definition) is 3. The highest BCUT2D eigenvalue weighted by molar-refractivity contribution is 7.17. The fourth-order valence-electron chi connectivity index (χ4n) is 1.89. The summed E-state index contributed by atoms with van der Waals surface area (Å²) in [5.41, 5.74) is 1.36. The maximum Gasteiger partial charge on any atom is 0.141 e. The number of rotatable bonds is 2. The first-order chi connectivity index (χ1) is 7.66. The Balaban J connectivity index is 2.22. The summed E-state index contributed by atoms with van der Waals surface area (Å²) in [6, 6.07) is 0. The van der Waals surface area contributed by atoms with E-state index in [1.54, 1.807) is 11.3 Å². The molecule has 4 heteroatoms. The number of halogens is 1. The van der Waals surface area contributed by atoms with Gasteiger partial charge in [0.2, 0.25) is 0 Å². The molecular weight excluding hydrogens is 240 g/mol. The maximum atomic E-state index is 6.28. The van der Waals surface area contributed by atoms with Crippen LogP contribution in [0.15, 0.2) is 5.38 Å². The van der Waals surface area contributed by atoms with E-state index in [1.807, 2.05) is 0 Å². The molecule has 0 amide bonds. The second kappa shape index (κ2) is 3.67. The molecule has 0 saturated heterocycles. The molecule has 0 bridgehead atoms. The van der Waals surface area contributed by atoms with Crippen LogP contribution in [0.4, 0.5) is 0 Å². The van der Waals surface area contributed by atoms with E-state index >= 15 is 0 Å². The quantitative estimate of drug-likeness (QED) is 0.743. The van der Waals surface area contributed by atoms with E-state index in [0.29, 0.717) is 17.0 Å². The van der Waals surface area contributed by atoms with Gasteiger partial charge in [0.25, 0.3) is 0 Å². The summed E-state index contributed by atoms with van der Waals surface area (Å²) in [7, 11) is 0. The van der Waals surface area contributed by atoms with Crippen molar-refractivity contribution in [3.8, 4) is 0 Å². The molecule has 1 aliphatic carbocycles. The number of thiophene rings is 1. The average molecular weight is 253 g/mol. The summed E-state index contributed by atoms with van der Waals surface area (Å²) in [5.74, 6) is 1.88. The number of nitrogens with zero attached hydrogens (tertiary/aromatic N) is 2. The van der Waals surface area contributed by atoms with E-state index in [4.69, 9.17) is 11.6 Å². The van der Waals surface area contributed by atoms with Gasteiger partial charge in [-0.25, -0.2) is 9.97 Å². The summed E-state index contributed by atoms with van der Waals surface area (Å²) in [6.07, 6.45) is 2.57. The molecule has 0 atom stereocenters. The Morgan fingerprint density at radius 2 is 2.12 bits per heavy atom. The van der Waals surface area contributed by atoms with Crippen LogP contribution in [0.2, 0.25) is 5.15 Å². The molecule has 2 nitrogen and oxygen atoms in total. The van der Waals surface area contributed by atoms with Gasteiger partial charge in [-0.3, -0.25) is 0 Å². The van der Waals surface area contributed by atoms with Crippen LogP contribution in [-0.4, -0.2) is 9.97 Å². The Morgan fingerprint density at radius 3 is 2.75 bits per heavy atom. The summed E-state index contributed by atoms with van der Waals surface area (Å²) < 4.78 is 0. The number of fused-ring (bicyclic) bond motifs is 1. The minimum absolute atomic E-state index is 0.327. The van der Waals surface area contributed by atoms with E-state index in [2.05, 4.69) is 29.2 Å². The lowest BCUT2D eigenvalue weighted by Gasteiger charge is -2.05. The Bertz CT molecular complexity index is 543. The smallest absolute Gasteiger partial charge is 0.141 e. The van der Waals surface area contributed by atoms with Crippen LogP contribution < -0.4 is 0 Å². The van der Waals surface area contributed by atoms with Gasteiger partial charge in [0.15, 0.2) is 0 Å². The Labute approximate surface area is 104 Å². The van der Waals surface area contributed by atoms with Crippen LogP contribution in [0.1, 0.15) is 49.9 Å². The van der Waals surface area contributed by atoms with Crippen molar-refractivity contribution < 1.29 is 0 Å². The third-order valence-electron chi connectivity index (χ3n) is 2.97. The zero-order valence-corrected chi connectivity index (χ0v) is 10.9. The van der Waals surface area contributed by atoms with Gasteiger partial charge in [0.1, 0.15) is 15.8 Å². The lowest BCUT2D eigenvalue weighted by atomic mass is 10.1. The largest absolute Gasteiger partial charge is 0.222 e. The zero-order chi connectivity index (χ0) is 11.3. The Morgan fingerprint density at radius 1 is 1.38 bits per heavy atom. The van der Waals surface area contributed by atoms with Crippen molar-refractivity contribution in [3.63, 3.8) is 0 Å². The summed E-state index contributed by atoms with van der Waals surface area (Å²) in [6.45, 7) is 4.18. The van der Waals surface area contributed by atoms with E-state index in [1.165, 1.54) is 18.4 Å². The summed E-state index contributed by atoms with van der Waals surface area (Å²) in [5, 5.41) is 3.93. The highest BCUT2D eigenvalue weighted by Gasteiger charge is 2.28. The lowest BCUT2D eigenvalue weighted by molar-refractivity contribution is 0.784. The molecule has 84 valence electrons. The highest BCUT2D eigenvalue weighted by Crippen LogP contribution is 2.46. The maximum absolute atomic E-state index is 6.28. The third-order valence-corrected chi connectivity index (χ3v) is 4.13. The molecule has 16 heavy (non-hydrogen) atoms. The first-order valence-electron chi connectivity index (χ1n) is 5.61. The molecule has 2 heterocycles. The van der Waals surface area contributed by atoms with Gasteiger partial charge in [0.05, 0.1) is 5.39 Å². The lowest BCUT2D eigenvalue weighted by Crippen LogP contribution is -1.97. The molecule has 0 unspecified atom stereocenters. The van der Waals surface area contributed by atoms with Gasteiger partial charge in [-0.15, -0.1) is 11.3 Å². The van der Waals surface area contributed by atoms with E-state index in [9.17, 15) is 0 Å². The molecule has 2 aromatic rings. The second-order valence-corrected chi connectivity index (χ2v) is 5.89. The van der Waals surface area contributed by atoms with Gasteiger partial charge in [-0.1, -0.05) is 25.4 Å². The normalized spacial score (nSPS) is 16.2. The van der Waals surface area contributed by atoms with Crippen LogP contribution in [0.3, 0.4) is 0 Å². The molecule has 0 spiro atoms. The molecule has 0 aromatic carbocycles. The molecular formula is C12H13ClN2S. The van der Waals surface area contributed by atoms with Crippen LogP contribution in [0.5, 0.6) is 0 Å². The summed E-state index contributed by atoms with van der Waals surface area (Å²) >= 11 is 7.97. The van der Waals surface area contributed by atoms with Gasteiger partial charge in [-0.2, -0.15) is 0 Å². The van der Waals surface area contributed by atoms with Gasteiger partial charge in [0, 0.05) is 5.92 Å².